The van der Waals surface area contributed by atoms with Gasteiger partial charge in [0, 0.05) is 36.0 Å². The predicted octanol–water partition coefficient (Wildman–Crippen LogP) is 3.28. The molecule has 6 nitrogen and oxygen atoms in total. The molecular weight excluding hydrogens is 304 g/mol. The number of benzene rings is 1. The number of nitrogens with zero attached hydrogens (tertiary/aromatic N) is 3. The van der Waals surface area contributed by atoms with Crippen molar-refractivity contribution in [1.29, 1.82) is 0 Å². The van der Waals surface area contributed by atoms with Gasteiger partial charge in [-0.15, -0.1) is 0 Å². The molecule has 4 rings (SSSR count). The highest BCUT2D eigenvalue weighted by Crippen LogP contribution is 2.30. The summed E-state index contributed by atoms with van der Waals surface area (Å²) in [5, 5.41) is 13.3. The molecule has 1 aliphatic heterocycles. The Hall–Kier alpha value is -3.15. The van der Waals surface area contributed by atoms with Crippen LogP contribution in [0.5, 0.6) is 0 Å². The van der Waals surface area contributed by atoms with Crippen molar-refractivity contribution in [2.24, 2.45) is 0 Å². The van der Waals surface area contributed by atoms with Crippen LogP contribution in [-0.4, -0.2) is 34.1 Å². The summed E-state index contributed by atoms with van der Waals surface area (Å²) in [7, 11) is 0. The van der Waals surface area contributed by atoms with E-state index in [2.05, 4.69) is 32.3 Å². The van der Waals surface area contributed by atoms with Gasteiger partial charge in [-0.1, -0.05) is 0 Å². The molecule has 24 heavy (non-hydrogen) atoms. The van der Waals surface area contributed by atoms with Crippen LogP contribution in [0, 0.1) is 0 Å². The number of nitrogens with one attached hydrogen (secondary N) is 1. The number of pyridine rings is 2. The second kappa shape index (κ2) is 5.81. The Balaban J connectivity index is 1.68. The van der Waals surface area contributed by atoms with Crippen LogP contribution in [-0.2, 0) is 0 Å². The van der Waals surface area contributed by atoms with E-state index in [1.165, 1.54) is 24.4 Å². The predicted molar refractivity (Wildman–Crippen MR) is 93.1 cm³/mol. The van der Waals surface area contributed by atoms with Crippen molar-refractivity contribution >= 4 is 33.9 Å². The van der Waals surface area contributed by atoms with Gasteiger partial charge in [0.05, 0.1) is 17.4 Å². The van der Waals surface area contributed by atoms with Gasteiger partial charge in [-0.2, -0.15) is 0 Å². The first-order valence-corrected chi connectivity index (χ1v) is 7.81. The first-order valence-electron chi connectivity index (χ1n) is 7.81. The summed E-state index contributed by atoms with van der Waals surface area (Å²) in [4.78, 5) is 21.6. The number of hydrogen-bond acceptors (Lipinski definition) is 5. The normalized spacial score (nSPS) is 13.6. The molecule has 1 aliphatic rings. The summed E-state index contributed by atoms with van der Waals surface area (Å²) in [6.45, 7) is 2.18. The summed E-state index contributed by atoms with van der Waals surface area (Å²) < 4.78 is 0. The molecule has 3 aromatic rings. The highest BCUT2D eigenvalue weighted by atomic mass is 16.4. The summed E-state index contributed by atoms with van der Waals surface area (Å²) in [6.07, 6.45) is 4.51. The lowest BCUT2D eigenvalue weighted by molar-refractivity contribution is 0.0690. The fraction of sp³-hybridized carbons (Fsp3) is 0.167. The molecule has 1 fully saturated rings. The van der Waals surface area contributed by atoms with E-state index in [1.807, 2.05) is 12.1 Å². The van der Waals surface area contributed by atoms with Crippen LogP contribution in [0.4, 0.5) is 17.1 Å². The Morgan fingerprint density at radius 2 is 2.00 bits per heavy atom. The minimum Gasteiger partial charge on any atom is -0.477 e. The van der Waals surface area contributed by atoms with E-state index >= 15 is 0 Å². The molecule has 0 saturated carbocycles. The van der Waals surface area contributed by atoms with E-state index in [9.17, 15) is 4.79 Å². The zero-order chi connectivity index (χ0) is 16.5. The van der Waals surface area contributed by atoms with Crippen molar-refractivity contribution in [3.8, 4) is 0 Å². The molecular formula is C18H16N4O2. The van der Waals surface area contributed by atoms with Crippen molar-refractivity contribution < 1.29 is 9.90 Å². The van der Waals surface area contributed by atoms with Gasteiger partial charge in [-0.25, -0.2) is 9.78 Å². The molecule has 0 amide bonds. The maximum atomic E-state index is 10.9. The first-order chi connectivity index (χ1) is 11.7. The quantitative estimate of drug-likeness (QED) is 0.768. The molecule has 0 radical (unpaired) electrons. The third-order valence-electron chi connectivity index (χ3n) is 4.21. The van der Waals surface area contributed by atoms with Crippen molar-refractivity contribution in [1.82, 2.24) is 9.97 Å². The molecule has 3 heterocycles. The smallest absolute Gasteiger partial charge is 0.354 e. The first kappa shape index (κ1) is 14.4. The SMILES string of the molecule is O=C(O)c1ccc(Nc2ccnc3ccc(N4CCC4)cc23)cn1. The minimum atomic E-state index is -1.03. The fourth-order valence-corrected chi connectivity index (χ4v) is 2.76. The van der Waals surface area contributed by atoms with Crippen LogP contribution < -0.4 is 10.2 Å². The van der Waals surface area contributed by atoms with Crippen LogP contribution >= 0.6 is 0 Å². The third kappa shape index (κ3) is 2.62. The van der Waals surface area contributed by atoms with E-state index in [1.54, 1.807) is 12.3 Å². The molecule has 0 unspecified atom stereocenters. The minimum absolute atomic E-state index is 0.0280. The average Bonchev–Trinajstić information content (AvgIpc) is 2.54. The number of anilines is 3. The molecule has 0 bridgehead atoms. The summed E-state index contributed by atoms with van der Waals surface area (Å²) in [6, 6.07) is 11.4. The molecule has 2 aromatic heterocycles. The van der Waals surface area contributed by atoms with Gasteiger partial charge in [0.25, 0.3) is 0 Å². The summed E-state index contributed by atoms with van der Waals surface area (Å²) >= 11 is 0. The van der Waals surface area contributed by atoms with E-state index in [4.69, 9.17) is 5.11 Å². The fourth-order valence-electron chi connectivity index (χ4n) is 2.76. The van der Waals surface area contributed by atoms with Crippen LogP contribution in [0.25, 0.3) is 10.9 Å². The Morgan fingerprint density at radius 1 is 1.12 bits per heavy atom. The number of carboxylic acids is 1. The number of carbonyl (C=O) groups is 1. The Labute approximate surface area is 138 Å². The Morgan fingerprint density at radius 3 is 2.67 bits per heavy atom. The van der Waals surface area contributed by atoms with Crippen LogP contribution in [0.1, 0.15) is 16.9 Å². The van der Waals surface area contributed by atoms with E-state index in [0.717, 1.165) is 35.4 Å². The number of aromatic nitrogens is 2. The van der Waals surface area contributed by atoms with Gasteiger partial charge >= 0.3 is 5.97 Å². The summed E-state index contributed by atoms with van der Waals surface area (Å²) in [5.74, 6) is -1.03. The van der Waals surface area contributed by atoms with Crippen LogP contribution in [0.2, 0.25) is 0 Å². The van der Waals surface area contributed by atoms with Crippen molar-refractivity contribution in [2.75, 3.05) is 23.3 Å². The highest BCUT2D eigenvalue weighted by molar-refractivity contribution is 5.95. The lowest BCUT2D eigenvalue weighted by Crippen LogP contribution is -2.36. The maximum Gasteiger partial charge on any atom is 0.354 e. The average molecular weight is 320 g/mol. The standard InChI is InChI=1S/C18H16N4O2/c23-18(24)17-4-2-12(11-20-17)21-16-6-7-19-15-5-3-13(10-14(15)16)22-8-1-9-22/h2-7,10-11H,1,8-9H2,(H,19,21)(H,23,24). The van der Waals surface area contributed by atoms with Crippen molar-refractivity contribution in [2.45, 2.75) is 6.42 Å². The largest absolute Gasteiger partial charge is 0.477 e. The zero-order valence-electron chi connectivity index (χ0n) is 12.9. The van der Waals surface area contributed by atoms with Gasteiger partial charge in [0.2, 0.25) is 0 Å². The second-order valence-electron chi connectivity index (χ2n) is 5.76. The highest BCUT2D eigenvalue weighted by Gasteiger charge is 2.15. The monoisotopic (exact) mass is 320 g/mol. The lowest BCUT2D eigenvalue weighted by Gasteiger charge is -2.33. The van der Waals surface area contributed by atoms with Crippen molar-refractivity contribution in [3.05, 3.63) is 54.5 Å². The zero-order valence-corrected chi connectivity index (χ0v) is 12.9. The van der Waals surface area contributed by atoms with Crippen LogP contribution in [0.3, 0.4) is 0 Å². The number of hydrogen-bond donors (Lipinski definition) is 2. The van der Waals surface area contributed by atoms with E-state index in [-0.39, 0.29) is 5.69 Å². The Kier molecular flexibility index (Phi) is 3.49. The molecule has 120 valence electrons. The van der Waals surface area contributed by atoms with Gasteiger partial charge in [0.1, 0.15) is 5.69 Å². The van der Waals surface area contributed by atoms with E-state index in [0.29, 0.717) is 0 Å². The third-order valence-corrected chi connectivity index (χ3v) is 4.21. The molecule has 0 spiro atoms. The van der Waals surface area contributed by atoms with Crippen LogP contribution in [0.15, 0.2) is 48.8 Å². The molecule has 2 N–H and O–H groups in total. The summed E-state index contributed by atoms with van der Waals surface area (Å²) in [5.41, 5.74) is 3.80. The topological polar surface area (TPSA) is 78.3 Å². The lowest BCUT2D eigenvalue weighted by atomic mass is 10.1. The van der Waals surface area contributed by atoms with Gasteiger partial charge in [-0.05, 0) is 42.8 Å². The Bertz CT molecular complexity index is 905. The number of carboxylic acid groups (broad SMARTS) is 1. The number of rotatable bonds is 4. The number of aromatic carboxylic acids is 1. The van der Waals surface area contributed by atoms with Crippen molar-refractivity contribution in [3.63, 3.8) is 0 Å². The molecule has 1 saturated heterocycles. The molecule has 0 atom stereocenters. The molecule has 6 heteroatoms. The molecule has 0 aliphatic carbocycles. The maximum absolute atomic E-state index is 10.9. The van der Waals surface area contributed by atoms with Gasteiger partial charge < -0.3 is 15.3 Å². The van der Waals surface area contributed by atoms with E-state index < -0.39 is 5.97 Å². The second-order valence-corrected chi connectivity index (χ2v) is 5.76. The molecule has 1 aromatic carbocycles. The van der Waals surface area contributed by atoms with Gasteiger partial charge in [0.15, 0.2) is 0 Å². The number of fused-ring (bicyclic) bond motifs is 1. The van der Waals surface area contributed by atoms with Gasteiger partial charge in [-0.3, -0.25) is 4.98 Å².